The predicted molar refractivity (Wildman–Crippen MR) is 96.4 cm³/mol. The highest BCUT2D eigenvalue weighted by atomic mass is 32.2. The first-order valence-corrected chi connectivity index (χ1v) is 10.2. The number of benzene rings is 2. The van der Waals surface area contributed by atoms with Crippen molar-refractivity contribution in [3.05, 3.63) is 53.6 Å². The third-order valence-corrected chi connectivity index (χ3v) is 6.11. The second kappa shape index (κ2) is 6.54. The van der Waals surface area contributed by atoms with Crippen LogP contribution in [0.15, 0.2) is 52.3 Å². The van der Waals surface area contributed by atoms with Gasteiger partial charge in [-0.2, -0.15) is 0 Å². The van der Waals surface area contributed by atoms with Gasteiger partial charge in [-0.1, -0.05) is 36.0 Å². The molecule has 0 saturated heterocycles. The number of hydrogen-bond donors (Lipinski definition) is 1. The molecule has 25 heavy (non-hydrogen) atoms. The minimum absolute atomic E-state index is 0.186. The van der Waals surface area contributed by atoms with Crippen molar-refractivity contribution in [3.63, 3.8) is 0 Å². The van der Waals surface area contributed by atoms with E-state index in [0.717, 1.165) is 28.2 Å². The van der Waals surface area contributed by atoms with Crippen LogP contribution in [0.25, 0.3) is 11.8 Å². The van der Waals surface area contributed by atoms with Gasteiger partial charge < -0.3 is 9.26 Å². The molecule has 2 aliphatic rings. The Kier molecular flexibility index (Phi) is 4.38. The summed E-state index contributed by atoms with van der Waals surface area (Å²) in [6.07, 6.45) is 3.16. The smallest absolute Gasteiger partial charge is 0.496 e. The summed E-state index contributed by atoms with van der Waals surface area (Å²) in [4.78, 5) is 12.0. The molecule has 1 fully saturated rings. The van der Waals surface area contributed by atoms with Gasteiger partial charge in [0.05, 0.1) is 18.1 Å². The summed E-state index contributed by atoms with van der Waals surface area (Å²) in [6.45, 7) is 0. The zero-order valence-electron chi connectivity index (χ0n) is 13.5. The van der Waals surface area contributed by atoms with E-state index in [1.54, 1.807) is 24.9 Å². The van der Waals surface area contributed by atoms with E-state index in [1.165, 1.54) is 0 Å². The Labute approximate surface area is 150 Å². The van der Waals surface area contributed by atoms with Gasteiger partial charge in [0.1, 0.15) is 11.5 Å². The van der Waals surface area contributed by atoms with Crippen LogP contribution in [-0.2, 0) is 13.6 Å². The summed E-state index contributed by atoms with van der Waals surface area (Å²) in [5.41, 5.74) is 1.61. The average Bonchev–Trinajstić information content (AvgIpc) is 3.40. The van der Waals surface area contributed by atoms with Crippen molar-refractivity contribution in [2.75, 3.05) is 7.11 Å². The van der Waals surface area contributed by atoms with E-state index < -0.39 is 7.82 Å². The number of phosphoric acid groups is 1. The Morgan fingerprint density at radius 1 is 1.16 bits per heavy atom. The molecule has 0 aromatic heterocycles. The monoisotopic (exact) mass is 376 g/mol. The van der Waals surface area contributed by atoms with Gasteiger partial charge in [-0.25, -0.2) is 4.57 Å². The van der Waals surface area contributed by atoms with Crippen LogP contribution >= 0.6 is 19.6 Å². The van der Waals surface area contributed by atoms with E-state index in [-0.39, 0.29) is 6.10 Å². The lowest BCUT2D eigenvalue weighted by atomic mass is 10.1. The molecule has 0 bridgehead atoms. The molecule has 1 aliphatic carbocycles. The van der Waals surface area contributed by atoms with E-state index in [2.05, 4.69) is 0 Å². The molecule has 0 radical (unpaired) electrons. The van der Waals surface area contributed by atoms with Gasteiger partial charge >= 0.3 is 7.82 Å². The fourth-order valence-corrected chi connectivity index (χ4v) is 4.75. The maximum atomic E-state index is 12.4. The molecule has 0 spiro atoms. The van der Waals surface area contributed by atoms with E-state index >= 15 is 0 Å². The largest absolute Gasteiger partial charge is 0.527 e. The van der Waals surface area contributed by atoms with Crippen molar-refractivity contribution >= 4 is 31.4 Å². The molecule has 1 saturated carbocycles. The summed E-state index contributed by atoms with van der Waals surface area (Å²) in [7, 11) is -2.58. The standard InChI is InChI=1S/C18H17O5PS/c1-21-15-7-4-6-14-16(23-24(19,20)22-13-9-10-13)11-12-5-2-3-8-17(12)25-18(14)15/h2-8,11,13H,9-10H2,1H3,(H,19,20). The fourth-order valence-electron chi connectivity index (χ4n) is 2.58. The summed E-state index contributed by atoms with van der Waals surface area (Å²) in [5, 5.41) is 0. The highest BCUT2D eigenvalue weighted by Crippen LogP contribution is 2.55. The summed E-state index contributed by atoms with van der Waals surface area (Å²) < 4.78 is 28.5. The Balaban J connectivity index is 1.80. The number of ether oxygens (including phenoxy) is 1. The second-order valence-electron chi connectivity index (χ2n) is 5.85. The van der Waals surface area contributed by atoms with Crippen LogP contribution in [-0.4, -0.2) is 18.1 Å². The van der Waals surface area contributed by atoms with E-state index in [4.69, 9.17) is 13.8 Å². The second-order valence-corrected chi connectivity index (χ2v) is 8.23. The van der Waals surface area contributed by atoms with Crippen molar-refractivity contribution in [2.45, 2.75) is 28.7 Å². The summed E-state index contributed by atoms with van der Waals surface area (Å²) in [5.74, 6) is 0.988. The van der Waals surface area contributed by atoms with Crippen molar-refractivity contribution in [2.24, 2.45) is 0 Å². The molecule has 1 atom stereocenters. The zero-order valence-corrected chi connectivity index (χ0v) is 15.3. The fraction of sp³-hybridized carbons (Fsp3) is 0.222. The highest BCUT2D eigenvalue weighted by Gasteiger charge is 2.36. The van der Waals surface area contributed by atoms with Crippen molar-refractivity contribution in [1.82, 2.24) is 0 Å². The number of fused-ring (bicyclic) bond motifs is 2. The van der Waals surface area contributed by atoms with Crippen LogP contribution in [0.5, 0.6) is 5.75 Å². The molecule has 1 aliphatic heterocycles. The lowest BCUT2D eigenvalue weighted by molar-refractivity contribution is 0.186. The quantitative estimate of drug-likeness (QED) is 0.745. The average molecular weight is 376 g/mol. The lowest BCUT2D eigenvalue weighted by Gasteiger charge is -2.17. The molecule has 0 amide bonds. The Hall–Kier alpha value is -1.72. The molecule has 2 aromatic rings. The lowest BCUT2D eigenvalue weighted by Crippen LogP contribution is -1.98. The van der Waals surface area contributed by atoms with Gasteiger partial charge in [0.15, 0.2) is 0 Å². The van der Waals surface area contributed by atoms with Crippen LogP contribution in [0.4, 0.5) is 0 Å². The van der Waals surface area contributed by atoms with E-state index in [9.17, 15) is 9.46 Å². The molecule has 5 nitrogen and oxygen atoms in total. The molecule has 1 heterocycles. The van der Waals surface area contributed by atoms with Gasteiger partial charge in [-0.05, 0) is 42.7 Å². The third-order valence-electron chi connectivity index (χ3n) is 3.90. The number of methoxy groups -OCH3 is 1. The van der Waals surface area contributed by atoms with Gasteiger partial charge in [0, 0.05) is 10.5 Å². The number of phosphoric ester groups is 1. The maximum Gasteiger partial charge on any atom is 0.527 e. The molecule has 1 unspecified atom stereocenters. The maximum absolute atomic E-state index is 12.4. The summed E-state index contributed by atoms with van der Waals surface area (Å²) in [6, 6.07) is 13.3. The molecule has 130 valence electrons. The zero-order chi connectivity index (χ0) is 17.4. The topological polar surface area (TPSA) is 65.0 Å². The van der Waals surface area contributed by atoms with Crippen molar-refractivity contribution in [3.8, 4) is 5.75 Å². The Bertz CT molecular complexity index is 891. The Morgan fingerprint density at radius 2 is 1.96 bits per heavy atom. The normalized spacial score (nSPS) is 18.2. The molecule has 7 heteroatoms. The molecular weight excluding hydrogens is 359 g/mol. The first-order valence-electron chi connectivity index (χ1n) is 7.92. The number of rotatable bonds is 5. The van der Waals surface area contributed by atoms with E-state index in [1.807, 2.05) is 42.5 Å². The SMILES string of the molecule is COc1cccc2c1Sc1ccccc1C=C2OP(=O)(O)OC1CC1. The van der Waals surface area contributed by atoms with Gasteiger partial charge in [0.25, 0.3) is 0 Å². The Morgan fingerprint density at radius 3 is 2.72 bits per heavy atom. The third kappa shape index (κ3) is 3.62. The number of hydrogen-bond acceptors (Lipinski definition) is 5. The van der Waals surface area contributed by atoms with Crippen molar-refractivity contribution < 1.29 is 23.2 Å². The van der Waals surface area contributed by atoms with Crippen LogP contribution in [0.1, 0.15) is 24.0 Å². The molecule has 4 rings (SSSR count). The molecular formula is C18H17O5PS. The van der Waals surface area contributed by atoms with Gasteiger partial charge in [-0.15, -0.1) is 0 Å². The first kappa shape index (κ1) is 16.7. The van der Waals surface area contributed by atoms with Crippen LogP contribution < -0.4 is 4.74 Å². The van der Waals surface area contributed by atoms with Crippen molar-refractivity contribution in [1.29, 1.82) is 0 Å². The predicted octanol–water partition coefficient (Wildman–Crippen LogP) is 4.95. The van der Waals surface area contributed by atoms with Crippen LogP contribution in [0.2, 0.25) is 0 Å². The highest BCUT2D eigenvalue weighted by molar-refractivity contribution is 7.99. The van der Waals surface area contributed by atoms with E-state index in [0.29, 0.717) is 17.1 Å². The summed E-state index contributed by atoms with van der Waals surface area (Å²) >= 11 is 1.54. The van der Waals surface area contributed by atoms with Crippen LogP contribution in [0.3, 0.4) is 0 Å². The van der Waals surface area contributed by atoms with Crippen LogP contribution in [0, 0.1) is 0 Å². The van der Waals surface area contributed by atoms with Gasteiger partial charge in [-0.3, -0.25) is 9.42 Å². The minimum atomic E-state index is -4.18. The minimum Gasteiger partial charge on any atom is -0.496 e. The molecule has 1 N–H and O–H groups in total. The first-order chi connectivity index (χ1) is 12.1. The van der Waals surface area contributed by atoms with Gasteiger partial charge in [0.2, 0.25) is 0 Å². The molecule has 2 aromatic carbocycles.